The Bertz CT molecular complexity index is 442. The molecule has 0 saturated heterocycles. The van der Waals surface area contributed by atoms with E-state index in [0.717, 1.165) is 0 Å². The summed E-state index contributed by atoms with van der Waals surface area (Å²) >= 11 is 5.76. The Kier molecular flexibility index (Phi) is 4.53. The highest BCUT2D eigenvalue weighted by molar-refractivity contribution is 6.30. The topological polar surface area (TPSA) is 72.6 Å². The van der Waals surface area contributed by atoms with Crippen LogP contribution in [0.15, 0.2) is 18.2 Å². The van der Waals surface area contributed by atoms with E-state index in [9.17, 15) is 15.2 Å². The van der Waals surface area contributed by atoms with Crippen molar-refractivity contribution in [3.8, 4) is 5.75 Å². The Morgan fingerprint density at radius 3 is 2.61 bits per heavy atom. The first kappa shape index (κ1) is 14.7. The van der Waals surface area contributed by atoms with E-state index in [0.29, 0.717) is 5.02 Å². The lowest BCUT2D eigenvalue weighted by Gasteiger charge is -2.25. The van der Waals surface area contributed by atoms with Crippen LogP contribution in [0.4, 0.5) is 5.69 Å². The number of benzene rings is 1. The van der Waals surface area contributed by atoms with E-state index in [-0.39, 0.29) is 23.5 Å². The number of aliphatic hydroxyl groups excluding tert-OH is 1. The van der Waals surface area contributed by atoms with Gasteiger partial charge < -0.3 is 9.84 Å². The lowest BCUT2D eigenvalue weighted by atomic mass is 9.90. The molecule has 0 aliphatic heterocycles. The van der Waals surface area contributed by atoms with Gasteiger partial charge in [-0.2, -0.15) is 0 Å². The molecule has 100 valence electrons. The third kappa shape index (κ3) is 3.85. The molecule has 1 aromatic carbocycles. The van der Waals surface area contributed by atoms with Crippen molar-refractivity contribution in [2.45, 2.75) is 26.9 Å². The molecule has 0 spiro atoms. The molecule has 18 heavy (non-hydrogen) atoms. The van der Waals surface area contributed by atoms with E-state index in [1.807, 2.05) is 20.8 Å². The first-order valence-corrected chi connectivity index (χ1v) is 5.84. The molecule has 1 aromatic rings. The van der Waals surface area contributed by atoms with Gasteiger partial charge in [-0.1, -0.05) is 32.4 Å². The maximum atomic E-state index is 10.8. The van der Waals surface area contributed by atoms with Crippen LogP contribution in [0.1, 0.15) is 20.8 Å². The van der Waals surface area contributed by atoms with E-state index in [1.54, 1.807) is 0 Å². The molecule has 0 amide bonds. The van der Waals surface area contributed by atoms with Gasteiger partial charge in [0.25, 0.3) is 0 Å². The third-order valence-corrected chi connectivity index (χ3v) is 2.75. The number of nitro groups is 1. The zero-order chi connectivity index (χ0) is 13.9. The van der Waals surface area contributed by atoms with Gasteiger partial charge in [-0.05, 0) is 11.5 Å². The maximum Gasteiger partial charge on any atom is 0.311 e. The van der Waals surface area contributed by atoms with Gasteiger partial charge in [0.2, 0.25) is 0 Å². The molecule has 1 N–H and O–H groups in total. The van der Waals surface area contributed by atoms with Gasteiger partial charge in [0.05, 0.1) is 11.0 Å². The second-order valence-electron chi connectivity index (χ2n) is 5.06. The minimum Gasteiger partial charge on any atom is -0.484 e. The molecule has 1 atom stereocenters. The largest absolute Gasteiger partial charge is 0.484 e. The van der Waals surface area contributed by atoms with Gasteiger partial charge in [-0.3, -0.25) is 10.1 Å². The van der Waals surface area contributed by atoms with Crippen molar-refractivity contribution in [3.63, 3.8) is 0 Å². The minimum absolute atomic E-state index is 0.0231. The van der Waals surface area contributed by atoms with Crippen molar-refractivity contribution < 1.29 is 14.8 Å². The van der Waals surface area contributed by atoms with Crippen molar-refractivity contribution in [2.24, 2.45) is 5.41 Å². The predicted molar refractivity (Wildman–Crippen MR) is 69.1 cm³/mol. The average molecular weight is 274 g/mol. The normalized spacial score (nSPS) is 13.2. The van der Waals surface area contributed by atoms with Crippen LogP contribution >= 0.6 is 11.6 Å². The van der Waals surface area contributed by atoms with Gasteiger partial charge in [-0.15, -0.1) is 0 Å². The van der Waals surface area contributed by atoms with E-state index >= 15 is 0 Å². The van der Waals surface area contributed by atoms with Crippen LogP contribution in [-0.4, -0.2) is 22.7 Å². The Hall–Kier alpha value is -1.33. The second kappa shape index (κ2) is 5.54. The lowest BCUT2D eigenvalue weighted by Crippen LogP contribution is -2.32. The molecule has 0 aliphatic rings. The quantitative estimate of drug-likeness (QED) is 0.676. The molecule has 0 aromatic heterocycles. The standard InChI is InChI=1S/C12H16ClNO4/c1-12(2,3)11(15)7-18-10-6-8(13)4-5-9(10)14(16)17/h4-6,11,15H,7H2,1-3H3. The zero-order valence-electron chi connectivity index (χ0n) is 10.5. The van der Waals surface area contributed by atoms with Crippen LogP contribution in [0.2, 0.25) is 5.02 Å². The maximum absolute atomic E-state index is 10.8. The number of nitrogens with zero attached hydrogens (tertiary/aromatic N) is 1. The summed E-state index contributed by atoms with van der Waals surface area (Å²) in [5.41, 5.74) is -0.520. The van der Waals surface area contributed by atoms with E-state index in [4.69, 9.17) is 16.3 Å². The Labute approximate surface area is 110 Å². The zero-order valence-corrected chi connectivity index (χ0v) is 11.3. The number of rotatable bonds is 4. The van der Waals surface area contributed by atoms with Gasteiger partial charge in [0, 0.05) is 17.2 Å². The van der Waals surface area contributed by atoms with Crippen molar-refractivity contribution in [2.75, 3.05) is 6.61 Å². The fourth-order valence-corrected chi connectivity index (χ4v) is 1.34. The number of ether oxygens (including phenoxy) is 1. The molecule has 0 fully saturated rings. The molecular formula is C12H16ClNO4. The number of hydrogen-bond acceptors (Lipinski definition) is 4. The number of aliphatic hydroxyl groups is 1. The second-order valence-corrected chi connectivity index (χ2v) is 5.50. The lowest BCUT2D eigenvalue weighted by molar-refractivity contribution is -0.386. The summed E-state index contributed by atoms with van der Waals surface area (Å²) in [4.78, 5) is 10.2. The Morgan fingerprint density at radius 1 is 1.50 bits per heavy atom. The van der Waals surface area contributed by atoms with Gasteiger partial charge in [0.1, 0.15) is 6.61 Å². The summed E-state index contributed by atoms with van der Waals surface area (Å²) in [6.45, 7) is 5.54. The van der Waals surface area contributed by atoms with Crippen LogP contribution in [0, 0.1) is 15.5 Å². The summed E-state index contributed by atoms with van der Waals surface area (Å²) < 4.78 is 5.29. The first-order valence-electron chi connectivity index (χ1n) is 5.46. The average Bonchev–Trinajstić information content (AvgIpc) is 2.24. The molecule has 0 bridgehead atoms. The van der Waals surface area contributed by atoms with Crippen LogP contribution in [0.5, 0.6) is 5.75 Å². The van der Waals surface area contributed by atoms with Crippen LogP contribution in [0.3, 0.4) is 0 Å². The minimum atomic E-state index is -0.726. The smallest absolute Gasteiger partial charge is 0.311 e. The SMILES string of the molecule is CC(C)(C)C(O)COc1cc(Cl)ccc1[N+](=O)[O-]. The molecule has 1 unspecified atom stereocenters. The summed E-state index contributed by atoms with van der Waals surface area (Å²) in [7, 11) is 0. The highest BCUT2D eigenvalue weighted by Gasteiger charge is 2.24. The number of halogens is 1. The number of nitro benzene ring substituents is 1. The van der Waals surface area contributed by atoms with Crippen LogP contribution in [-0.2, 0) is 0 Å². The number of hydrogen-bond donors (Lipinski definition) is 1. The van der Waals surface area contributed by atoms with Crippen molar-refractivity contribution >= 4 is 17.3 Å². The van der Waals surface area contributed by atoms with Crippen molar-refractivity contribution in [1.29, 1.82) is 0 Å². The third-order valence-electron chi connectivity index (χ3n) is 2.51. The molecule has 0 heterocycles. The summed E-state index contributed by atoms with van der Waals surface area (Å²) in [6, 6.07) is 4.07. The van der Waals surface area contributed by atoms with Gasteiger partial charge in [0.15, 0.2) is 5.75 Å². The highest BCUT2D eigenvalue weighted by Crippen LogP contribution is 2.30. The predicted octanol–water partition coefficient (Wildman–Crippen LogP) is 3.03. The van der Waals surface area contributed by atoms with Crippen LogP contribution < -0.4 is 4.74 Å². The van der Waals surface area contributed by atoms with Crippen LogP contribution in [0.25, 0.3) is 0 Å². The van der Waals surface area contributed by atoms with E-state index < -0.39 is 11.0 Å². The van der Waals surface area contributed by atoms with Crippen molar-refractivity contribution in [3.05, 3.63) is 33.3 Å². The molecule has 0 radical (unpaired) electrons. The molecule has 6 heteroatoms. The monoisotopic (exact) mass is 273 g/mol. The summed E-state index contributed by atoms with van der Waals surface area (Å²) in [5, 5.41) is 21.0. The van der Waals surface area contributed by atoms with E-state index in [2.05, 4.69) is 0 Å². The van der Waals surface area contributed by atoms with Gasteiger partial charge >= 0.3 is 5.69 Å². The molecule has 0 saturated carbocycles. The molecule has 0 aliphatic carbocycles. The van der Waals surface area contributed by atoms with Gasteiger partial charge in [-0.25, -0.2) is 0 Å². The Morgan fingerprint density at radius 2 is 2.11 bits per heavy atom. The van der Waals surface area contributed by atoms with Crippen molar-refractivity contribution in [1.82, 2.24) is 0 Å². The molecular weight excluding hydrogens is 258 g/mol. The fraction of sp³-hybridized carbons (Fsp3) is 0.500. The van der Waals surface area contributed by atoms with E-state index in [1.165, 1.54) is 18.2 Å². The first-order chi connectivity index (χ1) is 8.21. The molecule has 1 rings (SSSR count). The molecule has 5 nitrogen and oxygen atoms in total. The summed E-state index contributed by atoms with van der Waals surface area (Å²) in [6.07, 6.45) is -0.726. The fourth-order valence-electron chi connectivity index (χ4n) is 1.17. The highest BCUT2D eigenvalue weighted by atomic mass is 35.5. The Balaban J connectivity index is 2.84. The summed E-state index contributed by atoms with van der Waals surface area (Å²) in [5.74, 6) is 0.0656.